The Morgan fingerprint density at radius 3 is 2.76 bits per heavy atom. The standard InChI is InChI=1S/C11H10FN3OS/c12-9-3-1-8(2-4-9)10(16)5-6-17-11-13-7-14-15-11/h1-4,7H,5-6H2,(H,13,14,15). The molecule has 0 aliphatic heterocycles. The average molecular weight is 251 g/mol. The lowest BCUT2D eigenvalue weighted by atomic mass is 10.1. The van der Waals surface area contributed by atoms with E-state index >= 15 is 0 Å². The summed E-state index contributed by atoms with van der Waals surface area (Å²) < 4.78 is 12.7. The van der Waals surface area contributed by atoms with Gasteiger partial charge >= 0.3 is 0 Å². The Morgan fingerprint density at radius 2 is 2.12 bits per heavy atom. The van der Waals surface area contributed by atoms with Crippen LogP contribution >= 0.6 is 11.8 Å². The molecular weight excluding hydrogens is 241 g/mol. The minimum atomic E-state index is -0.336. The molecule has 4 nitrogen and oxygen atoms in total. The van der Waals surface area contributed by atoms with E-state index in [0.717, 1.165) is 0 Å². The number of hydrogen-bond acceptors (Lipinski definition) is 4. The zero-order valence-electron chi connectivity index (χ0n) is 8.89. The number of nitrogens with zero attached hydrogens (tertiary/aromatic N) is 2. The Labute approximate surface area is 102 Å². The van der Waals surface area contributed by atoms with Crippen molar-refractivity contribution in [3.05, 3.63) is 42.0 Å². The molecule has 6 heteroatoms. The van der Waals surface area contributed by atoms with Crippen molar-refractivity contribution in [1.82, 2.24) is 15.2 Å². The van der Waals surface area contributed by atoms with Gasteiger partial charge in [-0.05, 0) is 24.3 Å². The summed E-state index contributed by atoms with van der Waals surface area (Å²) in [6.45, 7) is 0. The second-order valence-corrected chi connectivity index (χ2v) is 4.40. The molecule has 0 radical (unpaired) electrons. The molecule has 17 heavy (non-hydrogen) atoms. The van der Waals surface area contributed by atoms with E-state index in [-0.39, 0.29) is 11.6 Å². The first-order valence-corrected chi connectivity index (χ1v) is 6.01. The van der Waals surface area contributed by atoms with Crippen LogP contribution in [-0.2, 0) is 0 Å². The van der Waals surface area contributed by atoms with Gasteiger partial charge in [-0.15, -0.1) is 0 Å². The summed E-state index contributed by atoms with van der Waals surface area (Å²) in [5.41, 5.74) is 0.532. The zero-order chi connectivity index (χ0) is 12.1. The van der Waals surface area contributed by atoms with Crippen LogP contribution in [0.3, 0.4) is 0 Å². The number of carbonyl (C=O) groups excluding carboxylic acids is 1. The van der Waals surface area contributed by atoms with Crippen LogP contribution in [0.25, 0.3) is 0 Å². The molecule has 0 fully saturated rings. The van der Waals surface area contributed by atoms with Crippen molar-refractivity contribution >= 4 is 17.5 Å². The van der Waals surface area contributed by atoms with E-state index in [4.69, 9.17) is 0 Å². The highest BCUT2D eigenvalue weighted by atomic mass is 32.2. The lowest BCUT2D eigenvalue weighted by Gasteiger charge is -1.99. The van der Waals surface area contributed by atoms with E-state index in [2.05, 4.69) is 15.2 Å². The van der Waals surface area contributed by atoms with Crippen LogP contribution in [-0.4, -0.2) is 26.7 Å². The van der Waals surface area contributed by atoms with Gasteiger partial charge in [-0.25, -0.2) is 9.37 Å². The maximum atomic E-state index is 12.7. The average Bonchev–Trinajstić information content (AvgIpc) is 2.83. The summed E-state index contributed by atoms with van der Waals surface area (Å²) in [4.78, 5) is 15.6. The number of aromatic nitrogens is 3. The smallest absolute Gasteiger partial charge is 0.183 e. The van der Waals surface area contributed by atoms with Crippen molar-refractivity contribution in [3.8, 4) is 0 Å². The van der Waals surface area contributed by atoms with E-state index in [9.17, 15) is 9.18 Å². The maximum Gasteiger partial charge on any atom is 0.183 e. The molecule has 0 spiro atoms. The zero-order valence-corrected chi connectivity index (χ0v) is 9.71. The second-order valence-electron chi connectivity index (χ2n) is 3.32. The first-order chi connectivity index (χ1) is 8.25. The number of thioether (sulfide) groups is 1. The molecule has 0 atom stereocenters. The minimum Gasteiger partial charge on any atom is -0.294 e. The Hall–Kier alpha value is -1.69. The number of benzene rings is 1. The number of ketones is 1. The van der Waals surface area contributed by atoms with Gasteiger partial charge in [0.05, 0.1) is 0 Å². The molecule has 88 valence electrons. The molecule has 0 aliphatic rings. The van der Waals surface area contributed by atoms with Gasteiger partial charge in [0, 0.05) is 17.7 Å². The van der Waals surface area contributed by atoms with E-state index in [1.807, 2.05) is 0 Å². The van der Waals surface area contributed by atoms with Crippen LogP contribution in [0.1, 0.15) is 16.8 Å². The molecule has 0 amide bonds. The first-order valence-electron chi connectivity index (χ1n) is 5.02. The van der Waals surface area contributed by atoms with E-state index in [1.54, 1.807) is 0 Å². The summed E-state index contributed by atoms with van der Waals surface area (Å²) in [6, 6.07) is 5.57. The number of nitrogens with one attached hydrogen (secondary N) is 1. The number of halogens is 1. The van der Waals surface area contributed by atoms with E-state index < -0.39 is 0 Å². The fraction of sp³-hybridized carbons (Fsp3) is 0.182. The number of hydrogen-bond donors (Lipinski definition) is 1. The number of aromatic amines is 1. The predicted octanol–water partition coefficient (Wildman–Crippen LogP) is 2.31. The quantitative estimate of drug-likeness (QED) is 0.654. The molecular formula is C11H10FN3OS. The number of Topliss-reactive ketones (excluding diaryl/α,β-unsaturated/α-hetero) is 1. The fourth-order valence-electron chi connectivity index (χ4n) is 1.28. The molecule has 1 heterocycles. The van der Waals surface area contributed by atoms with Gasteiger partial charge in [-0.2, -0.15) is 5.10 Å². The van der Waals surface area contributed by atoms with Gasteiger partial charge < -0.3 is 0 Å². The molecule has 2 aromatic rings. The summed E-state index contributed by atoms with van der Waals surface area (Å²) in [5.74, 6) is 0.278. The molecule has 1 N–H and O–H groups in total. The van der Waals surface area contributed by atoms with Crippen LogP contribution in [0.2, 0.25) is 0 Å². The Kier molecular flexibility index (Phi) is 3.87. The summed E-state index contributed by atoms with van der Waals surface area (Å²) in [5, 5.41) is 7.09. The lowest BCUT2D eigenvalue weighted by molar-refractivity contribution is 0.0989. The van der Waals surface area contributed by atoms with Gasteiger partial charge in [-0.1, -0.05) is 11.8 Å². The third-order valence-electron chi connectivity index (χ3n) is 2.13. The van der Waals surface area contributed by atoms with Crippen molar-refractivity contribution in [3.63, 3.8) is 0 Å². The topological polar surface area (TPSA) is 58.6 Å². The largest absolute Gasteiger partial charge is 0.294 e. The van der Waals surface area contributed by atoms with Crippen LogP contribution in [0.15, 0.2) is 35.7 Å². The molecule has 2 rings (SSSR count). The summed E-state index contributed by atoms with van der Waals surface area (Å²) in [7, 11) is 0. The van der Waals surface area contributed by atoms with Crippen molar-refractivity contribution < 1.29 is 9.18 Å². The van der Waals surface area contributed by atoms with Gasteiger partial charge in [0.2, 0.25) is 0 Å². The highest BCUT2D eigenvalue weighted by molar-refractivity contribution is 7.99. The molecule has 0 bridgehead atoms. The lowest BCUT2D eigenvalue weighted by Crippen LogP contribution is -2.00. The van der Waals surface area contributed by atoms with Crippen LogP contribution in [0, 0.1) is 5.82 Å². The van der Waals surface area contributed by atoms with Crippen molar-refractivity contribution in [2.24, 2.45) is 0 Å². The monoisotopic (exact) mass is 251 g/mol. The van der Waals surface area contributed by atoms with Gasteiger partial charge in [0.25, 0.3) is 0 Å². The van der Waals surface area contributed by atoms with Gasteiger partial charge in [0.15, 0.2) is 10.9 Å². The first kappa shape index (κ1) is 11.8. The van der Waals surface area contributed by atoms with Gasteiger partial charge in [-0.3, -0.25) is 9.89 Å². The highest BCUT2D eigenvalue weighted by Gasteiger charge is 2.06. The van der Waals surface area contributed by atoms with Gasteiger partial charge in [0.1, 0.15) is 12.1 Å². The maximum absolute atomic E-state index is 12.7. The molecule has 0 saturated carbocycles. The third-order valence-corrected chi connectivity index (χ3v) is 3.01. The number of carbonyl (C=O) groups is 1. The summed E-state index contributed by atoms with van der Waals surface area (Å²) >= 11 is 1.43. The molecule has 0 unspecified atom stereocenters. The highest BCUT2D eigenvalue weighted by Crippen LogP contribution is 2.14. The Bertz CT molecular complexity index is 484. The molecule has 0 saturated heterocycles. The fourth-order valence-corrected chi connectivity index (χ4v) is 2.00. The second kappa shape index (κ2) is 5.58. The van der Waals surface area contributed by atoms with Crippen LogP contribution in [0.5, 0.6) is 0 Å². The Balaban J connectivity index is 1.83. The minimum absolute atomic E-state index is 0.00276. The summed E-state index contributed by atoms with van der Waals surface area (Å²) in [6.07, 6.45) is 1.81. The SMILES string of the molecule is O=C(CCSc1ncn[nH]1)c1ccc(F)cc1. The molecule has 1 aromatic carbocycles. The van der Waals surface area contributed by atoms with Crippen molar-refractivity contribution in [1.29, 1.82) is 0 Å². The van der Waals surface area contributed by atoms with Crippen molar-refractivity contribution in [2.45, 2.75) is 11.6 Å². The number of rotatable bonds is 5. The van der Waals surface area contributed by atoms with E-state index in [0.29, 0.717) is 22.9 Å². The number of H-pyrrole nitrogens is 1. The normalized spacial score (nSPS) is 10.4. The molecule has 1 aromatic heterocycles. The molecule has 0 aliphatic carbocycles. The Morgan fingerprint density at radius 1 is 1.35 bits per heavy atom. The third kappa shape index (κ3) is 3.39. The predicted molar refractivity (Wildman–Crippen MR) is 62.5 cm³/mol. The van der Waals surface area contributed by atoms with Crippen LogP contribution < -0.4 is 0 Å². The van der Waals surface area contributed by atoms with Crippen LogP contribution in [0.4, 0.5) is 4.39 Å². The van der Waals surface area contributed by atoms with E-state index in [1.165, 1.54) is 42.4 Å². The van der Waals surface area contributed by atoms with Crippen molar-refractivity contribution in [2.75, 3.05) is 5.75 Å².